The van der Waals surface area contributed by atoms with Gasteiger partial charge in [-0.15, -0.1) is 0 Å². The monoisotopic (exact) mass is 296 g/mol. The molecule has 1 N–H and O–H groups in total. The van der Waals surface area contributed by atoms with Crippen LogP contribution < -0.4 is 0 Å². The zero-order chi connectivity index (χ0) is 14.8. The molecular weight excluding hydrogens is 280 g/mol. The highest BCUT2D eigenvalue weighted by molar-refractivity contribution is 6.31. The van der Waals surface area contributed by atoms with Crippen LogP contribution in [-0.2, 0) is 20.7 Å². The van der Waals surface area contributed by atoms with Crippen molar-refractivity contribution in [3.05, 3.63) is 46.4 Å². The van der Waals surface area contributed by atoms with Crippen molar-refractivity contribution in [1.29, 1.82) is 0 Å². The van der Waals surface area contributed by atoms with Gasteiger partial charge in [0.05, 0.1) is 0 Å². The molecule has 1 aliphatic heterocycles. The number of carboxylic acid groups (broad SMARTS) is 1. The highest BCUT2D eigenvalue weighted by Crippen LogP contribution is 2.38. The van der Waals surface area contributed by atoms with Gasteiger partial charge >= 0.3 is 5.97 Å². The Morgan fingerprint density at radius 1 is 1.25 bits per heavy atom. The van der Waals surface area contributed by atoms with Gasteiger partial charge in [-0.1, -0.05) is 43.6 Å². The predicted molar refractivity (Wildman–Crippen MR) is 75.3 cm³/mol. The van der Waals surface area contributed by atoms with Gasteiger partial charge in [0.2, 0.25) is 5.76 Å². The summed E-state index contributed by atoms with van der Waals surface area (Å²) in [6, 6.07) is 7.29. The van der Waals surface area contributed by atoms with Crippen molar-refractivity contribution in [2.45, 2.75) is 38.9 Å². The number of hydrogen-bond donors (Lipinski definition) is 1. The third-order valence-electron chi connectivity index (χ3n) is 3.43. The number of aliphatic carboxylic acids is 1. The van der Waals surface area contributed by atoms with E-state index in [0.717, 1.165) is 5.56 Å². The summed E-state index contributed by atoms with van der Waals surface area (Å²) in [4.78, 5) is 11.3. The maximum atomic E-state index is 11.3. The van der Waals surface area contributed by atoms with Crippen LogP contribution in [0.4, 0.5) is 0 Å². The average molecular weight is 297 g/mol. The lowest BCUT2D eigenvalue weighted by atomic mass is 10.1. The summed E-state index contributed by atoms with van der Waals surface area (Å²) in [6.45, 7) is 3.81. The Kier molecular flexibility index (Phi) is 4.23. The first-order valence-electron chi connectivity index (χ1n) is 6.59. The minimum absolute atomic E-state index is 0.117. The predicted octanol–water partition coefficient (Wildman–Crippen LogP) is 3.74. The van der Waals surface area contributed by atoms with Gasteiger partial charge in [0.1, 0.15) is 0 Å². The summed E-state index contributed by atoms with van der Waals surface area (Å²) < 4.78 is 11.3. The van der Waals surface area contributed by atoms with Crippen LogP contribution in [0.25, 0.3) is 0 Å². The molecule has 0 fully saturated rings. The van der Waals surface area contributed by atoms with Crippen LogP contribution in [0.5, 0.6) is 0 Å². The first kappa shape index (κ1) is 14.7. The lowest BCUT2D eigenvalue weighted by molar-refractivity contribution is -0.168. The van der Waals surface area contributed by atoms with Crippen molar-refractivity contribution in [2.75, 3.05) is 0 Å². The second kappa shape index (κ2) is 5.75. The summed E-state index contributed by atoms with van der Waals surface area (Å²) in [6.07, 6.45) is 1.46. The number of hydrogen-bond acceptors (Lipinski definition) is 3. The van der Waals surface area contributed by atoms with Gasteiger partial charge in [-0.25, -0.2) is 4.79 Å². The molecule has 108 valence electrons. The molecule has 0 aliphatic carbocycles. The van der Waals surface area contributed by atoms with Gasteiger partial charge < -0.3 is 14.6 Å². The van der Waals surface area contributed by atoms with Crippen molar-refractivity contribution in [1.82, 2.24) is 0 Å². The fourth-order valence-electron chi connectivity index (χ4n) is 2.17. The molecule has 1 aromatic carbocycles. The van der Waals surface area contributed by atoms with E-state index in [2.05, 4.69) is 0 Å². The van der Waals surface area contributed by atoms with Crippen LogP contribution in [0.3, 0.4) is 0 Å². The minimum Gasteiger partial charge on any atom is -0.475 e. The molecule has 1 aromatic rings. The van der Waals surface area contributed by atoms with Gasteiger partial charge in [-0.2, -0.15) is 0 Å². The molecule has 0 aromatic heterocycles. The van der Waals surface area contributed by atoms with Gasteiger partial charge in [0.15, 0.2) is 5.76 Å². The largest absolute Gasteiger partial charge is 0.475 e. The van der Waals surface area contributed by atoms with E-state index in [9.17, 15) is 9.90 Å². The van der Waals surface area contributed by atoms with Crippen LogP contribution in [-0.4, -0.2) is 16.9 Å². The first-order valence-corrected chi connectivity index (χ1v) is 6.97. The van der Waals surface area contributed by atoms with E-state index in [1.165, 1.54) is 0 Å². The smallest absolute Gasteiger partial charge is 0.374 e. The highest BCUT2D eigenvalue weighted by Gasteiger charge is 2.42. The zero-order valence-electron chi connectivity index (χ0n) is 11.5. The second-order valence-electron chi connectivity index (χ2n) is 4.65. The quantitative estimate of drug-likeness (QED) is 0.899. The Balaban J connectivity index is 2.30. The average Bonchev–Trinajstić information content (AvgIpc) is 2.81. The van der Waals surface area contributed by atoms with Crippen molar-refractivity contribution in [3.8, 4) is 0 Å². The Labute approximate surface area is 123 Å². The van der Waals surface area contributed by atoms with Gasteiger partial charge in [-0.3, -0.25) is 0 Å². The van der Waals surface area contributed by atoms with Crippen LogP contribution in [0.15, 0.2) is 35.8 Å². The highest BCUT2D eigenvalue weighted by atomic mass is 35.5. The Hall–Kier alpha value is -1.68. The van der Waals surface area contributed by atoms with Crippen LogP contribution >= 0.6 is 11.6 Å². The lowest BCUT2D eigenvalue weighted by Crippen LogP contribution is -2.29. The molecule has 0 saturated carbocycles. The number of carbonyl (C=O) groups is 1. The third kappa shape index (κ3) is 2.75. The topological polar surface area (TPSA) is 55.8 Å². The molecule has 4 nitrogen and oxygen atoms in total. The van der Waals surface area contributed by atoms with Gasteiger partial charge in [0, 0.05) is 24.3 Å². The standard InChI is InChI=1S/C15H17ClO4/c1-3-15(4-2)19-12(13(20-15)14(17)18)9-10-7-5-6-8-11(10)16/h5-8H,3-4,9H2,1-2H3,(H,17,18). The molecule has 2 rings (SSSR count). The Bertz CT molecular complexity index is 547. The molecule has 0 radical (unpaired) electrons. The molecule has 1 heterocycles. The lowest BCUT2D eigenvalue weighted by Gasteiger charge is -2.26. The Morgan fingerprint density at radius 2 is 1.90 bits per heavy atom. The molecular formula is C15H17ClO4. The van der Waals surface area contributed by atoms with Gasteiger partial charge in [0.25, 0.3) is 5.79 Å². The number of rotatable bonds is 5. The summed E-state index contributed by atoms with van der Waals surface area (Å²) in [5.74, 6) is -1.77. The van der Waals surface area contributed by atoms with Crippen LogP contribution in [0, 0.1) is 0 Å². The normalized spacial score (nSPS) is 16.8. The maximum Gasteiger partial charge on any atom is 0.374 e. The van der Waals surface area contributed by atoms with Crippen molar-refractivity contribution in [3.63, 3.8) is 0 Å². The van der Waals surface area contributed by atoms with E-state index in [0.29, 0.717) is 30.0 Å². The molecule has 0 saturated heterocycles. The van der Waals surface area contributed by atoms with Crippen molar-refractivity contribution >= 4 is 17.6 Å². The molecule has 0 bridgehead atoms. The van der Waals surface area contributed by atoms with Crippen LogP contribution in [0.1, 0.15) is 32.3 Å². The fourth-order valence-corrected chi connectivity index (χ4v) is 2.37. The van der Waals surface area contributed by atoms with Crippen molar-refractivity contribution in [2.24, 2.45) is 0 Å². The summed E-state index contributed by atoms with van der Waals surface area (Å²) in [5.41, 5.74) is 0.814. The van der Waals surface area contributed by atoms with E-state index < -0.39 is 11.8 Å². The number of benzene rings is 1. The van der Waals surface area contributed by atoms with E-state index in [1.54, 1.807) is 6.07 Å². The van der Waals surface area contributed by atoms with Crippen LogP contribution in [0.2, 0.25) is 5.02 Å². The first-order chi connectivity index (χ1) is 9.51. The zero-order valence-corrected chi connectivity index (χ0v) is 12.2. The molecule has 5 heteroatoms. The van der Waals surface area contributed by atoms with E-state index >= 15 is 0 Å². The van der Waals surface area contributed by atoms with Gasteiger partial charge in [-0.05, 0) is 11.6 Å². The number of halogens is 1. The summed E-state index contributed by atoms with van der Waals surface area (Å²) in [7, 11) is 0. The molecule has 0 spiro atoms. The van der Waals surface area contributed by atoms with E-state index in [-0.39, 0.29) is 5.76 Å². The molecule has 20 heavy (non-hydrogen) atoms. The third-order valence-corrected chi connectivity index (χ3v) is 3.80. The Morgan fingerprint density at radius 3 is 2.45 bits per heavy atom. The number of allylic oxidation sites excluding steroid dienone is 1. The van der Waals surface area contributed by atoms with Crippen molar-refractivity contribution < 1.29 is 19.4 Å². The minimum atomic E-state index is -1.11. The molecule has 0 atom stereocenters. The maximum absolute atomic E-state index is 11.3. The van der Waals surface area contributed by atoms with E-state index in [4.69, 9.17) is 21.1 Å². The fraction of sp³-hybridized carbons (Fsp3) is 0.400. The van der Waals surface area contributed by atoms with E-state index in [1.807, 2.05) is 32.0 Å². The molecule has 1 aliphatic rings. The summed E-state index contributed by atoms with van der Waals surface area (Å²) in [5, 5.41) is 9.84. The molecule has 0 amide bonds. The number of ether oxygens (including phenoxy) is 2. The molecule has 0 unspecified atom stereocenters. The number of carboxylic acids is 1. The SMILES string of the molecule is CCC1(CC)OC(Cc2ccccc2Cl)=C(C(=O)O)O1. The second-order valence-corrected chi connectivity index (χ2v) is 5.05. The summed E-state index contributed by atoms with van der Waals surface area (Å²) >= 11 is 6.10.